The Kier molecular flexibility index (Phi) is 5.77. The molecule has 0 saturated heterocycles. The van der Waals surface area contributed by atoms with Crippen LogP contribution in [0.3, 0.4) is 0 Å². The van der Waals surface area contributed by atoms with Gasteiger partial charge < -0.3 is 20.9 Å². The molecule has 0 fully saturated rings. The van der Waals surface area contributed by atoms with Gasteiger partial charge in [-0.05, 0) is 27.7 Å². The SMILES string of the molecule is C[C@H](NC(=O)[C@@H](N)CC(=O)OC(C)(C)C)C(=O)O. The van der Waals surface area contributed by atoms with E-state index < -0.39 is 35.5 Å². The van der Waals surface area contributed by atoms with Crippen molar-refractivity contribution >= 4 is 17.8 Å². The monoisotopic (exact) mass is 260 g/mol. The molecule has 0 heterocycles. The maximum Gasteiger partial charge on any atom is 0.325 e. The molecule has 0 saturated carbocycles. The minimum Gasteiger partial charge on any atom is -0.480 e. The number of rotatable bonds is 5. The zero-order chi connectivity index (χ0) is 14.5. The first kappa shape index (κ1) is 16.4. The fourth-order valence-electron chi connectivity index (χ4n) is 1.04. The Hall–Kier alpha value is -1.63. The van der Waals surface area contributed by atoms with Crippen molar-refractivity contribution in [2.24, 2.45) is 5.73 Å². The van der Waals surface area contributed by atoms with Crippen LogP contribution in [0.4, 0.5) is 0 Å². The van der Waals surface area contributed by atoms with E-state index in [-0.39, 0.29) is 6.42 Å². The van der Waals surface area contributed by atoms with Gasteiger partial charge in [0.2, 0.25) is 5.91 Å². The summed E-state index contributed by atoms with van der Waals surface area (Å²) in [5, 5.41) is 10.8. The molecular weight excluding hydrogens is 240 g/mol. The predicted molar refractivity (Wildman–Crippen MR) is 63.7 cm³/mol. The average Bonchev–Trinajstić information content (AvgIpc) is 2.13. The van der Waals surface area contributed by atoms with Crippen LogP contribution in [0, 0.1) is 0 Å². The summed E-state index contributed by atoms with van der Waals surface area (Å²) in [5.74, 6) is -2.48. The van der Waals surface area contributed by atoms with E-state index in [2.05, 4.69) is 5.32 Å². The van der Waals surface area contributed by atoms with Gasteiger partial charge in [-0.2, -0.15) is 0 Å². The molecule has 7 nitrogen and oxygen atoms in total. The first-order valence-corrected chi connectivity index (χ1v) is 5.53. The van der Waals surface area contributed by atoms with Crippen molar-refractivity contribution in [3.8, 4) is 0 Å². The molecule has 0 radical (unpaired) electrons. The lowest BCUT2D eigenvalue weighted by Gasteiger charge is -2.21. The Balaban J connectivity index is 4.24. The summed E-state index contributed by atoms with van der Waals surface area (Å²) >= 11 is 0. The second-order valence-corrected chi connectivity index (χ2v) is 4.97. The number of esters is 1. The Morgan fingerprint density at radius 2 is 1.83 bits per heavy atom. The molecule has 1 amide bonds. The number of carbonyl (C=O) groups excluding carboxylic acids is 2. The number of hydrogen-bond donors (Lipinski definition) is 3. The number of hydrogen-bond acceptors (Lipinski definition) is 5. The Labute approximate surface area is 106 Å². The largest absolute Gasteiger partial charge is 0.480 e. The van der Waals surface area contributed by atoms with Crippen molar-refractivity contribution in [3.63, 3.8) is 0 Å². The molecule has 0 aliphatic rings. The molecular formula is C11H20N2O5. The number of aliphatic carboxylic acids is 1. The minimum atomic E-state index is -1.17. The highest BCUT2D eigenvalue weighted by atomic mass is 16.6. The summed E-state index contributed by atoms with van der Waals surface area (Å²) in [6.07, 6.45) is -0.296. The van der Waals surface area contributed by atoms with E-state index in [1.165, 1.54) is 6.92 Å². The van der Waals surface area contributed by atoms with Gasteiger partial charge in [-0.25, -0.2) is 0 Å². The first-order valence-electron chi connectivity index (χ1n) is 5.53. The first-order chi connectivity index (χ1) is 8.03. The highest BCUT2D eigenvalue weighted by Crippen LogP contribution is 2.08. The van der Waals surface area contributed by atoms with E-state index in [9.17, 15) is 14.4 Å². The van der Waals surface area contributed by atoms with E-state index in [1.54, 1.807) is 20.8 Å². The summed E-state index contributed by atoms with van der Waals surface area (Å²) in [6, 6.07) is -2.18. The van der Waals surface area contributed by atoms with Crippen molar-refractivity contribution in [1.29, 1.82) is 0 Å². The van der Waals surface area contributed by atoms with Crippen LogP contribution in [0.2, 0.25) is 0 Å². The second-order valence-electron chi connectivity index (χ2n) is 4.97. The molecule has 4 N–H and O–H groups in total. The number of amides is 1. The van der Waals surface area contributed by atoms with E-state index in [0.29, 0.717) is 0 Å². The van der Waals surface area contributed by atoms with Gasteiger partial charge in [0.25, 0.3) is 0 Å². The van der Waals surface area contributed by atoms with Gasteiger partial charge >= 0.3 is 11.9 Å². The number of ether oxygens (including phenoxy) is 1. The van der Waals surface area contributed by atoms with Gasteiger partial charge in [0.05, 0.1) is 12.5 Å². The fourth-order valence-corrected chi connectivity index (χ4v) is 1.04. The molecule has 2 atom stereocenters. The zero-order valence-corrected chi connectivity index (χ0v) is 11.0. The van der Waals surface area contributed by atoms with E-state index in [0.717, 1.165) is 0 Å². The van der Waals surface area contributed by atoms with Gasteiger partial charge in [-0.3, -0.25) is 14.4 Å². The predicted octanol–water partition coefficient (Wildman–Crippen LogP) is -0.365. The Morgan fingerprint density at radius 3 is 2.22 bits per heavy atom. The maximum absolute atomic E-state index is 11.5. The van der Waals surface area contributed by atoms with E-state index in [1.807, 2.05) is 0 Å². The van der Waals surface area contributed by atoms with Crippen LogP contribution in [0.25, 0.3) is 0 Å². The van der Waals surface area contributed by atoms with Crippen molar-refractivity contribution in [1.82, 2.24) is 5.32 Å². The molecule has 18 heavy (non-hydrogen) atoms. The molecule has 0 aromatic heterocycles. The van der Waals surface area contributed by atoms with Crippen molar-refractivity contribution in [2.75, 3.05) is 0 Å². The van der Waals surface area contributed by atoms with Gasteiger partial charge in [0.1, 0.15) is 11.6 Å². The zero-order valence-electron chi connectivity index (χ0n) is 11.0. The number of carboxylic acid groups (broad SMARTS) is 1. The molecule has 7 heteroatoms. The molecule has 0 spiro atoms. The normalized spacial score (nSPS) is 14.5. The van der Waals surface area contributed by atoms with Crippen molar-refractivity contribution in [3.05, 3.63) is 0 Å². The number of nitrogens with two attached hydrogens (primary N) is 1. The van der Waals surface area contributed by atoms with Crippen LogP contribution in [-0.2, 0) is 19.1 Å². The third-order valence-corrected chi connectivity index (χ3v) is 1.87. The van der Waals surface area contributed by atoms with Gasteiger partial charge in [0, 0.05) is 0 Å². The molecule has 104 valence electrons. The summed E-state index contributed by atoms with van der Waals surface area (Å²) in [5.41, 5.74) is 4.83. The van der Waals surface area contributed by atoms with Gasteiger partial charge in [-0.15, -0.1) is 0 Å². The summed E-state index contributed by atoms with van der Waals surface area (Å²) in [4.78, 5) is 33.4. The van der Waals surface area contributed by atoms with Crippen LogP contribution in [0.5, 0.6) is 0 Å². The second kappa shape index (κ2) is 6.34. The number of carbonyl (C=O) groups is 3. The molecule has 0 unspecified atom stereocenters. The molecule has 0 aromatic carbocycles. The lowest BCUT2D eigenvalue weighted by molar-refractivity contribution is -0.156. The topological polar surface area (TPSA) is 119 Å². The smallest absolute Gasteiger partial charge is 0.325 e. The molecule has 0 aromatic rings. The Bertz CT molecular complexity index is 335. The quantitative estimate of drug-likeness (QED) is 0.580. The highest BCUT2D eigenvalue weighted by molar-refractivity contribution is 5.89. The minimum absolute atomic E-state index is 0.296. The number of carboxylic acids is 1. The summed E-state index contributed by atoms with van der Waals surface area (Å²) in [6.45, 7) is 6.40. The lowest BCUT2D eigenvalue weighted by Crippen LogP contribution is -2.48. The van der Waals surface area contributed by atoms with Crippen LogP contribution in [-0.4, -0.2) is 40.6 Å². The fraction of sp³-hybridized carbons (Fsp3) is 0.727. The van der Waals surface area contributed by atoms with Crippen LogP contribution < -0.4 is 11.1 Å². The molecule has 0 rings (SSSR count). The number of nitrogens with one attached hydrogen (secondary N) is 1. The van der Waals surface area contributed by atoms with Crippen LogP contribution in [0.15, 0.2) is 0 Å². The van der Waals surface area contributed by atoms with Crippen molar-refractivity contribution in [2.45, 2.75) is 51.8 Å². The third kappa shape index (κ3) is 6.85. The Morgan fingerprint density at radius 1 is 1.33 bits per heavy atom. The third-order valence-electron chi connectivity index (χ3n) is 1.87. The van der Waals surface area contributed by atoms with E-state index >= 15 is 0 Å². The van der Waals surface area contributed by atoms with Gasteiger partial charge in [-0.1, -0.05) is 0 Å². The van der Waals surface area contributed by atoms with Crippen LogP contribution in [0.1, 0.15) is 34.1 Å². The summed E-state index contributed by atoms with van der Waals surface area (Å²) < 4.78 is 5.00. The van der Waals surface area contributed by atoms with E-state index in [4.69, 9.17) is 15.6 Å². The molecule has 0 aliphatic heterocycles. The van der Waals surface area contributed by atoms with Crippen LogP contribution >= 0.6 is 0 Å². The van der Waals surface area contributed by atoms with Gasteiger partial charge in [0.15, 0.2) is 0 Å². The van der Waals surface area contributed by atoms with Crippen molar-refractivity contribution < 1.29 is 24.2 Å². The molecule has 0 bridgehead atoms. The standard InChI is InChI=1S/C11H20N2O5/c1-6(10(16)17)13-9(15)7(12)5-8(14)18-11(2,3)4/h6-7H,5,12H2,1-4H3,(H,13,15)(H,16,17)/t6-,7-/m0/s1. The lowest BCUT2D eigenvalue weighted by atomic mass is 10.1. The molecule has 0 aliphatic carbocycles. The average molecular weight is 260 g/mol. The summed E-state index contributed by atoms with van der Waals surface area (Å²) in [7, 11) is 0. The highest BCUT2D eigenvalue weighted by Gasteiger charge is 2.24. The maximum atomic E-state index is 11.5.